The van der Waals surface area contributed by atoms with Gasteiger partial charge in [0.25, 0.3) is 0 Å². The first-order valence-electron chi connectivity index (χ1n) is 6.31. The molecule has 110 valence electrons. The van der Waals surface area contributed by atoms with E-state index in [4.69, 9.17) is 4.74 Å². The lowest BCUT2D eigenvalue weighted by Gasteiger charge is -2.27. The van der Waals surface area contributed by atoms with Gasteiger partial charge in [-0.3, -0.25) is 0 Å². The van der Waals surface area contributed by atoms with E-state index in [9.17, 15) is 17.6 Å². The minimum Gasteiger partial charge on any atom is -0.482 e. The van der Waals surface area contributed by atoms with Crippen LogP contribution < -0.4 is 10.1 Å². The Bertz CT molecular complexity index is 652. The zero-order valence-corrected chi connectivity index (χ0v) is 10.7. The van der Waals surface area contributed by atoms with Crippen molar-refractivity contribution >= 4 is 5.69 Å². The van der Waals surface area contributed by atoms with Crippen LogP contribution in [0.4, 0.5) is 23.2 Å². The van der Waals surface area contributed by atoms with Crippen LogP contribution >= 0.6 is 0 Å². The van der Waals surface area contributed by atoms with E-state index in [-0.39, 0.29) is 5.82 Å². The fourth-order valence-electron chi connectivity index (χ4n) is 2.21. The second-order valence-electron chi connectivity index (χ2n) is 4.75. The van der Waals surface area contributed by atoms with Crippen LogP contribution in [0.15, 0.2) is 42.5 Å². The van der Waals surface area contributed by atoms with Crippen LogP contribution in [0, 0.1) is 5.82 Å². The summed E-state index contributed by atoms with van der Waals surface area (Å²) in [5.41, 5.74) is 0.473. The lowest BCUT2D eigenvalue weighted by atomic mass is 10.1. The molecule has 21 heavy (non-hydrogen) atoms. The smallest absolute Gasteiger partial charge is 0.416 e. The van der Waals surface area contributed by atoms with Gasteiger partial charge >= 0.3 is 6.18 Å². The van der Waals surface area contributed by atoms with E-state index < -0.39 is 17.8 Å². The summed E-state index contributed by atoms with van der Waals surface area (Å²) in [6.07, 6.45) is -4.76. The molecule has 0 aromatic heterocycles. The van der Waals surface area contributed by atoms with Crippen molar-refractivity contribution in [3.63, 3.8) is 0 Å². The number of hydrogen-bond acceptors (Lipinski definition) is 2. The average molecular weight is 297 g/mol. The van der Waals surface area contributed by atoms with Crippen LogP contribution in [-0.4, -0.2) is 6.54 Å². The highest BCUT2D eigenvalue weighted by molar-refractivity contribution is 5.58. The Morgan fingerprint density at radius 1 is 1.05 bits per heavy atom. The van der Waals surface area contributed by atoms with Crippen molar-refractivity contribution in [2.45, 2.75) is 12.3 Å². The summed E-state index contributed by atoms with van der Waals surface area (Å²) < 4.78 is 56.3. The predicted octanol–water partition coefficient (Wildman–Crippen LogP) is 4.39. The Morgan fingerprint density at radius 2 is 1.76 bits per heavy atom. The molecule has 1 aliphatic rings. The number of hydrogen-bond donors (Lipinski definition) is 1. The summed E-state index contributed by atoms with van der Waals surface area (Å²) >= 11 is 0. The van der Waals surface area contributed by atoms with Gasteiger partial charge in [-0.2, -0.15) is 13.2 Å². The van der Waals surface area contributed by atoms with Crippen molar-refractivity contribution < 1.29 is 22.3 Å². The molecule has 1 N–H and O–H groups in total. The second-order valence-corrected chi connectivity index (χ2v) is 4.75. The van der Waals surface area contributed by atoms with Crippen LogP contribution in [0.5, 0.6) is 5.75 Å². The summed E-state index contributed by atoms with van der Waals surface area (Å²) in [5, 5.41) is 3.01. The van der Waals surface area contributed by atoms with Crippen molar-refractivity contribution in [2.75, 3.05) is 11.9 Å². The van der Waals surface area contributed by atoms with Crippen molar-refractivity contribution in [1.29, 1.82) is 0 Å². The third-order valence-corrected chi connectivity index (χ3v) is 3.30. The number of rotatable bonds is 1. The molecule has 2 nitrogen and oxygen atoms in total. The Morgan fingerprint density at radius 3 is 2.43 bits per heavy atom. The second kappa shape index (κ2) is 4.95. The first-order valence-corrected chi connectivity index (χ1v) is 6.31. The molecule has 1 heterocycles. The number of anilines is 1. The number of benzene rings is 2. The molecule has 2 aromatic rings. The summed E-state index contributed by atoms with van der Waals surface area (Å²) in [6, 6.07) is 8.92. The topological polar surface area (TPSA) is 21.3 Å². The van der Waals surface area contributed by atoms with Gasteiger partial charge in [0.15, 0.2) is 0 Å². The van der Waals surface area contributed by atoms with E-state index >= 15 is 0 Å². The maximum atomic E-state index is 13.1. The molecule has 0 amide bonds. The molecule has 6 heteroatoms. The minimum absolute atomic E-state index is 0.363. The van der Waals surface area contributed by atoms with Gasteiger partial charge < -0.3 is 10.1 Å². The normalized spacial score (nSPS) is 17.6. The Hall–Kier alpha value is -2.24. The number of halogens is 4. The minimum atomic E-state index is -4.35. The highest BCUT2D eigenvalue weighted by atomic mass is 19.4. The zero-order chi connectivity index (χ0) is 15.0. The van der Waals surface area contributed by atoms with Gasteiger partial charge in [0, 0.05) is 6.07 Å². The van der Waals surface area contributed by atoms with Crippen molar-refractivity contribution in [2.24, 2.45) is 0 Å². The fourth-order valence-corrected chi connectivity index (χ4v) is 2.21. The van der Waals surface area contributed by atoms with Crippen molar-refractivity contribution in [3.8, 4) is 5.75 Å². The standard InChI is InChI=1S/C15H11F4NO/c16-11-5-6-13-12(7-11)20-8-14(21-13)9-1-3-10(4-2-9)15(17,18)19/h1-7,14,20H,8H2. The van der Waals surface area contributed by atoms with E-state index in [1.54, 1.807) is 0 Å². The van der Waals surface area contributed by atoms with Crippen LogP contribution in [0.3, 0.4) is 0 Å². The molecule has 0 fully saturated rings. The third kappa shape index (κ3) is 2.79. The molecule has 3 rings (SSSR count). The maximum absolute atomic E-state index is 13.1. The van der Waals surface area contributed by atoms with Gasteiger partial charge in [0.2, 0.25) is 0 Å². The highest BCUT2D eigenvalue weighted by Gasteiger charge is 2.30. The maximum Gasteiger partial charge on any atom is 0.416 e. The van der Waals surface area contributed by atoms with E-state index in [1.807, 2.05) is 0 Å². The van der Waals surface area contributed by atoms with E-state index in [0.29, 0.717) is 23.5 Å². The van der Waals surface area contributed by atoms with Gasteiger partial charge in [-0.25, -0.2) is 4.39 Å². The lowest BCUT2D eigenvalue weighted by Crippen LogP contribution is -2.23. The molecular formula is C15H11F4NO. The summed E-state index contributed by atoms with van der Waals surface area (Å²) in [4.78, 5) is 0. The monoisotopic (exact) mass is 297 g/mol. The first-order chi connectivity index (χ1) is 9.93. The van der Waals surface area contributed by atoms with Crippen LogP contribution in [0.1, 0.15) is 17.2 Å². The number of alkyl halides is 3. The Labute approximate surface area is 118 Å². The third-order valence-electron chi connectivity index (χ3n) is 3.30. The Kier molecular flexibility index (Phi) is 3.23. The van der Waals surface area contributed by atoms with Crippen LogP contribution in [0.2, 0.25) is 0 Å². The highest BCUT2D eigenvalue weighted by Crippen LogP contribution is 2.35. The first kappa shape index (κ1) is 13.7. The molecular weight excluding hydrogens is 286 g/mol. The largest absolute Gasteiger partial charge is 0.482 e. The van der Waals surface area contributed by atoms with E-state index in [0.717, 1.165) is 12.1 Å². The van der Waals surface area contributed by atoms with Crippen molar-refractivity contribution in [1.82, 2.24) is 0 Å². The quantitative estimate of drug-likeness (QED) is 0.788. The molecule has 2 aromatic carbocycles. The molecule has 1 atom stereocenters. The Balaban J connectivity index is 1.81. The summed E-state index contributed by atoms with van der Waals surface area (Å²) in [7, 11) is 0. The number of fused-ring (bicyclic) bond motifs is 1. The van der Waals surface area contributed by atoms with Gasteiger partial charge in [-0.15, -0.1) is 0 Å². The molecule has 0 spiro atoms. The number of nitrogens with one attached hydrogen (secondary N) is 1. The molecule has 1 unspecified atom stereocenters. The average Bonchev–Trinajstić information content (AvgIpc) is 2.46. The molecule has 1 aliphatic heterocycles. The SMILES string of the molecule is Fc1ccc2c(c1)NCC(c1ccc(C(F)(F)F)cc1)O2. The van der Waals surface area contributed by atoms with Gasteiger partial charge in [0.05, 0.1) is 17.8 Å². The van der Waals surface area contributed by atoms with E-state index in [1.165, 1.54) is 30.3 Å². The fraction of sp³-hybridized carbons (Fsp3) is 0.200. The van der Waals surface area contributed by atoms with Crippen LogP contribution in [0.25, 0.3) is 0 Å². The van der Waals surface area contributed by atoms with Crippen LogP contribution in [-0.2, 0) is 6.18 Å². The molecule has 0 saturated carbocycles. The zero-order valence-electron chi connectivity index (χ0n) is 10.7. The lowest BCUT2D eigenvalue weighted by molar-refractivity contribution is -0.137. The van der Waals surface area contributed by atoms with Gasteiger partial charge in [-0.1, -0.05) is 12.1 Å². The van der Waals surface area contributed by atoms with Gasteiger partial charge in [0.1, 0.15) is 17.7 Å². The predicted molar refractivity (Wildman–Crippen MR) is 69.7 cm³/mol. The van der Waals surface area contributed by atoms with Gasteiger partial charge in [-0.05, 0) is 29.8 Å². The van der Waals surface area contributed by atoms with Crippen molar-refractivity contribution in [3.05, 3.63) is 59.4 Å². The molecule has 0 bridgehead atoms. The summed E-state index contributed by atoms with van der Waals surface area (Å²) in [5.74, 6) is 0.102. The number of ether oxygens (including phenoxy) is 1. The molecule has 0 radical (unpaired) electrons. The molecule has 0 saturated heterocycles. The summed E-state index contributed by atoms with van der Waals surface area (Å²) in [6.45, 7) is 0.363. The molecule has 0 aliphatic carbocycles. The van der Waals surface area contributed by atoms with E-state index in [2.05, 4.69) is 5.32 Å².